The van der Waals surface area contributed by atoms with Gasteiger partial charge in [0.25, 0.3) is 0 Å². The van der Waals surface area contributed by atoms with Gasteiger partial charge in [0.15, 0.2) is 0 Å². The number of nitrogens with two attached hydrogens (primary N) is 1. The average Bonchev–Trinajstić information content (AvgIpc) is 2.76. The van der Waals surface area contributed by atoms with Gasteiger partial charge in [0.2, 0.25) is 0 Å². The molecule has 1 saturated carbocycles. The van der Waals surface area contributed by atoms with Crippen LogP contribution < -0.4 is 11.1 Å². The summed E-state index contributed by atoms with van der Waals surface area (Å²) >= 11 is 0. The Bertz CT molecular complexity index is 218. The third-order valence-corrected chi connectivity index (χ3v) is 4.58. The molecule has 0 atom stereocenters. The van der Waals surface area contributed by atoms with Gasteiger partial charge in [0.1, 0.15) is 0 Å². The summed E-state index contributed by atoms with van der Waals surface area (Å²) in [7, 11) is 0. The molecular weight excluding hydrogens is 200 g/mol. The fourth-order valence-electron chi connectivity index (χ4n) is 2.99. The molecule has 16 heavy (non-hydrogen) atoms. The molecule has 0 bridgehead atoms. The van der Waals surface area contributed by atoms with Crippen LogP contribution in [0.2, 0.25) is 0 Å². The first-order valence-electron chi connectivity index (χ1n) is 6.71. The maximum atomic E-state index is 5.97. The normalized spacial score (nSPS) is 28.1. The topological polar surface area (TPSA) is 47.3 Å². The zero-order chi connectivity index (χ0) is 11.5. The molecule has 0 spiro atoms. The minimum absolute atomic E-state index is 0.295. The average molecular weight is 226 g/mol. The lowest BCUT2D eigenvalue weighted by Crippen LogP contribution is -2.50. The van der Waals surface area contributed by atoms with Gasteiger partial charge in [0.05, 0.1) is 0 Å². The maximum absolute atomic E-state index is 5.97. The number of rotatable bonds is 4. The first-order valence-corrected chi connectivity index (χ1v) is 6.71. The van der Waals surface area contributed by atoms with Crippen molar-refractivity contribution in [2.45, 2.75) is 51.0 Å². The number of hydrogen-bond donors (Lipinski definition) is 2. The molecule has 2 fully saturated rings. The van der Waals surface area contributed by atoms with Gasteiger partial charge in [0, 0.05) is 25.3 Å². The minimum Gasteiger partial charge on any atom is -0.381 e. The van der Waals surface area contributed by atoms with Crippen molar-refractivity contribution >= 4 is 0 Å². The van der Waals surface area contributed by atoms with E-state index in [1.165, 1.54) is 25.7 Å². The second-order valence-electron chi connectivity index (χ2n) is 5.94. The van der Waals surface area contributed by atoms with Gasteiger partial charge in [-0.3, -0.25) is 0 Å². The van der Waals surface area contributed by atoms with Crippen LogP contribution in [0.5, 0.6) is 0 Å². The Morgan fingerprint density at radius 3 is 2.31 bits per heavy atom. The fourth-order valence-corrected chi connectivity index (χ4v) is 2.99. The van der Waals surface area contributed by atoms with Crippen LogP contribution in [0.15, 0.2) is 0 Å². The van der Waals surface area contributed by atoms with E-state index in [1.807, 2.05) is 0 Å². The fraction of sp³-hybridized carbons (Fsp3) is 1.00. The highest BCUT2D eigenvalue weighted by atomic mass is 16.5. The standard InChI is InChI=1S/C13H26N2O/c1-12(4-2-3-5-12)15-11-13(10-14)6-8-16-9-7-13/h15H,2-11,14H2,1H3. The van der Waals surface area contributed by atoms with E-state index >= 15 is 0 Å². The molecule has 0 amide bonds. The van der Waals surface area contributed by atoms with Crippen molar-refractivity contribution in [1.29, 1.82) is 0 Å². The van der Waals surface area contributed by atoms with Gasteiger partial charge in [-0.1, -0.05) is 12.8 Å². The van der Waals surface area contributed by atoms with Crippen LogP contribution in [-0.2, 0) is 4.74 Å². The highest BCUT2D eigenvalue weighted by Gasteiger charge is 2.35. The molecule has 1 aliphatic carbocycles. The molecule has 1 aliphatic heterocycles. The Hall–Kier alpha value is -0.120. The lowest BCUT2D eigenvalue weighted by Gasteiger charge is -2.39. The molecule has 2 rings (SSSR count). The molecule has 0 radical (unpaired) electrons. The monoisotopic (exact) mass is 226 g/mol. The van der Waals surface area contributed by atoms with Gasteiger partial charge in [-0.05, 0) is 44.6 Å². The van der Waals surface area contributed by atoms with Crippen molar-refractivity contribution in [3.8, 4) is 0 Å². The van der Waals surface area contributed by atoms with Crippen molar-refractivity contribution < 1.29 is 4.74 Å². The molecule has 0 aromatic heterocycles. The van der Waals surface area contributed by atoms with Crippen molar-refractivity contribution in [2.75, 3.05) is 26.3 Å². The Labute approximate surface area is 99.1 Å². The van der Waals surface area contributed by atoms with E-state index in [4.69, 9.17) is 10.5 Å². The molecule has 1 heterocycles. The number of ether oxygens (including phenoxy) is 1. The zero-order valence-corrected chi connectivity index (χ0v) is 10.6. The smallest absolute Gasteiger partial charge is 0.0472 e. The lowest BCUT2D eigenvalue weighted by atomic mass is 9.79. The van der Waals surface area contributed by atoms with Crippen LogP contribution in [0.25, 0.3) is 0 Å². The van der Waals surface area contributed by atoms with Crippen LogP contribution in [0.1, 0.15) is 45.4 Å². The van der Waals surface area contributed by atoms with Crippen LogP contribution in [0.4, 0.5) is 0 Å². The summed E-state index contributed by atoms with van der Waals surface area (Å²) in [5.41, 5.74) is 6.64. The van der Waals surface area contributed by atoms with Crippen molar-refractivity contribution in [1.82, 2.24) is 5.32 Å². The predicted molar refractivity (Wildman–Crippen MR) is 66.4 cm³/mol. The summed E-state index contributed by atoms with van der Waals surface area (Å²) < 4.78 is 5.44. The molecule has 3 nitrogen and oxygen atoms in total. The third-order valence-electron chi connectivity index (χ3n) is 4.58. The summed E-state index contributed by atoms with van der Waals surface area (Å²) in [6, 6.07) is 0. The first-order chi connectivity index (χ1) is 7.68. The zero-order valence-electron chi connectivity index (χ0n) is 10.6. The highest BCUT2D eigenvalue weighted by Crippen LogP contribution is 2.33. The molecule has 2 aliphatic rings. The molecule has 3 heteroatoms. The summed E-state index contributed by atoms with van der Waals surface area (Å²) in [6.45, 7) is 6.00. The molecule has 0 aromatic rings. The second-order valence-corrected chi connectivity index (χ2v) is 5.94. The third kappa shape index (κ3) is 2.76. The van der Waals surface area contributed by atoms with Crippen LogP contribution in [0.3, 0.4) is 0 Å². The van der Waals surface area contributed by atoms with Gasteiger partial charge >= 0.3 is 0 Å². The second kappa shape index (κ2) is 5.03. The SMILES string of the molecule is CC1(NCC2(CN)CCOCC2)CCCC1. The predicted octanol–water partition coefficient (Wildman–Crippen LogP) is 1.66. The van der Waals surface area contributed by atoms with Crippen LogP contribution in [0, 0.1) is 5.41 Å². The van der Waals surface area contributed by atoms with E-state index in [-0.39, 0.29) is 0 Å². The van der Waals surface area contributed by atoms with Crippen LogP contribution in [-0.4, -0.2) is 31.8 Å². The van der Waals surface area contributed by atoms with Crippen molar-refractivity contribution in [2.24, 2.45) is 11.1 Å². The van der Waals surface area contributed by atoms with Gasteiger partial charge in [-0.2, -0.15) is 0 Å². The van der Waals surface area contributed by atoms with Gasteiger partial charge in [-0.15, -0.1) is 0 Å². The largest absolute Gasteiger partial charge is 0.381 e. The summed E-state index contributed by atoms with van der Waals surface area (Å²) in [5.74, 6) is 0. The Kier molecular flexibility index (Phi) is 3.88. The Balaban J connectivity index is 1.86. The molecule has 94 valence electrons. The van der Waals surface area contributed by atoms with E-state index in [0.717, 1.165) is 39.1 Å². The Morgan fingerprint density at radius 2 is 1.75 bits per heavy atom. The quantitative estimate of drug-likeness (QED) is 0.766. The molecular formula is C13H26N2O. The summed E-state index contributed by atoms with van der Waals surface area (Å²) in [5, 5.41) is 3.78. The van der Waals surface area contributed by atoms with Gasteiger partial charge < -0.3 is 15.8 Å². The van der Waals surface area contributed by atoms with E-state index in [9.17, 15) is 0 Å². The van der Waals surface area contributed by atoms with Crippen molar-refractivity contribution in [3.05, 3.63) is 0 Å². The first kappa shape index (κ1) is 12.3. The van der Waals surface area contributed by atoms with E-state index < -0.39 is 0 Å². The Morgan fingerprint density at radius 1 is 1.12 bits per heavy atom. The van der Waals surface area contributed by atoms with E-state index in [2.05, 4.69) is 12.2 Å². The molecule has 3 N–H and O–H groups in total. The molecule has 1 saturated heterocycles. The highest BCUT2D eigenvalue weighted by molar-refractivity contribution is 4.93. The number of nitrogens with one attached hydrogen (secondary N) is 1. The van der Waals surface area contributed by atoms with Crippen molar-refractivity contribution in [3.63, 3.8) is 0 Å². The molecule has 0 aromatic carbocycles. The summed E-state index contributed by atoms with van der Waals surface area (Å²) in [6.07, 6.45) is 7.64. The lowest BCUT2D eigenvalue weighted by molar-refractivity contribution is 0.0157. The van der Waals surface area contributed by atoms with E-state index in [1.54, 1.807) is 0 Å². The van der Waals surface area contributed by atoms with Gasteiger partial charge in [-0.25, -0.2) is 0 Å². The summed E-state index contributed by atoms with van der Waals surface area (Å²) in [4.78, 5) is 0. The maximum Gasteiger partial charge on any atom is 0.0472 e. The minimum atomic E-state index is 0.295. The van der Waals surface area contributed by atoms with Crippen LogP contribution >= 0.6 is 0 Å². The van der Waals surface area contributed by atoms with E-state index in [0.29, 0.717) is 11.0 Å². The molecule has 0 unspecified atom stereocenters. The number of hydrogen-bond acceptors (Lipinski definition) is 3.